The molecule has 0 spiro atoms. The first-order valence-corrected chi connectivity index (χ1v) is 4.88. The first-order valence-electron chi connectivity index (χ1n) is 3.97. The van der Waals surface area contributed by atoms with E-state index in [9.17, 15) is 23.1 Å². The number of Topliss-reactive ketones (excluding diaryl/α,β-unsaturated/α-hetero) is 1. The normalized spacial score (nSPS) is 11.6. The molecule has 7 heteroatoms. The molecule has 0 heterocycles. The van der Waals surface area contributed by atoms with Gasteiger partial charge in [-0.2, -0.15) is 13.2 Å². The van der Waals surface area contributed by atoms with Crippen LogP contribution in [0.25, 0.3) is 0 Å². The van der Waals surface area contributed by atoms with Gasteiger partial charge in [-0.3, -0.25) is 4.79 Å². The van der Waals surface area contributed by atoms with Crippen LogP contribution in [-0.4, -0.2) is 16.8 Å². The van der Waals surface area contributed by atoms with E-state index in [4.69, 9.17) is 23.2 Å². The summed E-state index contributed by atoms with van der Waals surface area (Å²) in [5.74, 6) is -2.05. The minimum Gasteiger partial charge on any atom is -0.506 e. The van der Waals surface area contributed by atoms with Gasteiger partial charge in [-0.25, -0.2) is 0 Å². The Balaban J connectivity index is 3.35. The molecule has 1 rings (SSSR count). The zero-order valence-electron chi connectivity index (χ0n) is 7.61. The summed E-state index contributed by atoms with van der Waals surface area (Å²) in [6.45, 7) is 0. The molecule has 0 saturated carbocycles. The maximum absolute atomic E-state index is 12.3. The molecule has 88 valence electrons. The van der Waals surface area contributed by atoms with Crippen molar-refractivity contribution in [1.82, 2.24) is 0 Å². The van der Waals surface area contributed by atoms with Gasteiger partial charge in [0.05, 0.1) is 22.0 Å². The lowest BCUT2D eigenvalue weighted by atomic mass is 10.1. The zero-order valence-corrected chi connectivity index (χ0v) is 9.12. The molecule has 0 aliphatic rings. The van der Waals surface area contributed by atoms with Gasteiger partial charge in [-0.05, 0) is 12.1 Å². The Morgan fingerprint density at radius 3 is 2.38 bits per heavy atom. The molecule has 0 aromatic heterocycles. The lowest BCUT2D eigenvalue weighted by Crippen LogP contribution is -2.08. The number of aromatic hydroxyl groups is 1. The van der Waals surface area contributed by atoms with Crippen LogP contribution in [0, 0.1) is 0 Å². The molecule has 0 radical (unpaired) electrons. The van der Waals surface area contributed by atoms with E-state index in [1.807, 2.05) is 0 Å². The van der Waals surface area contributed by atoms with Crippen LogP contribution in [0.3, 0.4) is 0 Å². The van der Waals surface area contributed by atoms with E-state index in [1.54, 1.807) is 0 Å². The first kappa shape index (κ1) is 13.1. The van der Waals surface area contributed by atoms with Crippen LogP contribution in [0.4, 0.5) is 13.2 Å². The topological polar surface area (TPSA) is 37.3 Å². The fraction of sp³-hybridized carbons (Fsp3) is 0.222. The van der Waals surface area contributed by atoms with Gasteiger partial charge in [0.25, 0.3) is 0 Å². The van der Waals surface area contributed by atoms with Crippen molar-refractivity contribution in [3.05, 3.63) is 28.3 Å². The highest BCUT2D eigenvalue weighted by Gasteiger charge is 2.35. The minimum absolute atomic E-state index is 0.326. The molecule has 1 aromatic carbocycles. The van der Waals surface area contributed by atoms with E-state index in [1.165, 1.54) is 0 Å². The number of carbonyl (C=O) groups excluding carboxylic acids is 1. The smallest absolute Gasteiger partial charge is 0.417 e. The second-order valence-electron chi connectivity index (χ2n) is 2.88. The number of rotatable bonds is 2. The molecular formula is C9H5Cl2F3O2. The summed E-state index contributed by atoms with van der Waals surface area (Å²) >= 11 is 10.5. The highest BCUT2D eigenvalue weighted by atomic mass is 35.5. The molecule has 0 unspecified atom stereocenters. The van der Waals surface area contributed by atoms with Crippen LogP contribution in [0.15, 0.2) is 12.1 Å². The number of hydrogen-bond donors (Lipinski definition) is 1. The molecule has 1 aromatic rings. The highest BCUT2D eigenvalue weighted by Crippen LogP contribution is 2.40. The Bertz CT molecular complexity index is 429. The summed E-state index contributed by atoms with van der Waals surface area (Å²) in [5.41, 5.74) is -1.52. The van der Waals surface area contributed by atoms with Gasteiger partial charge in [-0.15, -0.1) is 11.6 Å². The number of hydrogen-bond acceptors (Lipinski definition) is 2. The van der Waals surface area contributed by atoms with Crippen molar-refractivity contribution in [2.24, 2.45) is 0 Å². The molecule has 0 aliphatic carbocycles. The summed E-state index contributed by atoms with van der Waals surface area (Å²) < 4.78 is 37.0. The zero-order chi connectivity index (χ0) is 12.5. The summed E-state index contributed by atoms with van der Waals surface area (Å²) in [5, 5.41) is 8.43. The van der Waals surface area contributed by atoms with Crippen LogP contribution in [0.2, 0.25) is 5.02 Å². The van der Waals surface area contributed by atoms with Crippen LogP contribution in [-0.2, 0) is 6.18 Å². The van der Waals surface area contributed by atoms with E-state index in [-0.39, 0.29) is 5.56 Å². The van der Waals surface area contributed by atoms with Crippen LogP contribution in [0.5, 0.6) is 5.75 Å². The Labute approximate surface area is 98.6 Å². The summed E-state index contributed by atoms with van der Waals surface area (Å²) in [7, 11) is 0. The van der Waals surface area contributed by atoms with Crippen molar-refractivity contribution < 1.29 is 23.1 Å². The quantitative estimate of drug-likeness (QED) is 0.661. The number of phenols is 1. The second-order valence-corrected chi connectivity index (χ2v) is 3.52. The average molecular weight is 273 g/mol. The molecule has 0 bridgehead atoms. The Kier molecular flexibility index (Phi) is 3.70. The average Bonchev–Trinajstić information content (AvgIpc) is 2.19. The van der Waals surface area contributed by atoms with Crippen molar-refractivity contribution in [3.8, 4) is 5.75 Å². The first-order chi connectivity index (χ1) is 7.29. The number of alkyl halides is 4. The van der Waals surface area contributed by atoms with Crippen LogP contribution in [0.1, 0.15) is 15.9 Å². The summed E-state index contributed by atoms with van der Waals surface area (Å²) in [6.07, 6.45) is -4.68. The summed E-state index contributed by atoms with van der Waals surface area (Å²) in [6, 6.07) is 1.47. The molecule has 0 saturated heterocycles. The van der Waals surface area contributed by atoms with Gasteiger partial charge >= 0.3 is 6.18 Å². The van der Waals surface area contributed by atoms with Crippen molar-refractivity contribution in [2.75, 3.05) is 5.88 Å². The number of halogens is 5. The van der Waals surface area contributed by atoms with E-state index in [2.05, 4.69) is 0 Å². The van der Waals surface area contributed by atoms with Gasteiger partial charge in [0, 0.05) is 0 Å². The molecule has 16 heavy (non-hydrogen) atoms. The predicted molar refractivity (Wildman–Crippen MR) is 53.2 cm³/mol. The number of carbonyl (C=O) groups is 1. The van der Waals surface area contributed by atoms with Crippen molar-refractivity contribution in [3.63, 3.8) is 0 Å². The Morgan fingerprint density at radius 2 is 1.94 bits per heavy atom. The number of benzene rings is 1. The molecule has 0 fully saturated rings. The predicted octanol–water partition coefficient (Wildman–Crippen LogP) is 3.49. The van der Waals surface area contributed by atoms with Gasteiger partial charge in [0.15, 0.2) is 5.78 Å². The van der Waals surface area contributed by atoms with E-state index < -0.39 is 34.2 Å². The monoisotopic (exact) mass is 272 g/mol. The molecular weight excluding hydrogens is 268 g/mol. The second kappa shape index (κ2) is 4.51. The Hall–Kier alpha value is -0.940. The fourth-order valence-corrected chi connectivity index (χ4v) is 1.50. The lowest BCUT2D eigenvalue weighted by molar-refractivity contribution is -0.137. The molecule has 1 N–H and O–H groups in total. The largest absolute Gasteiger partial charge is 0.506 e. The van der Waals surface area contributed by atoms with E-state index in [0.717, 1.165) is 6.07 Å². The summed E-state index contributed by atoms with van der Waals surface area (Å²) in [4.78, 5) is 11.1. The molecule has 2 nitrogen and oxygen atoms in total. The number of ketones is 1. The molecule has 0 aliphatic heterocycles. The van der Waals surface area contributed by atoms with E-state index in [0.29, 0.717) is 6.07 Å². The van der Waals surface area contributed by atoms with Gasteiger partial charge in [-0.1, -0.05) is 11.6 Å². The minimum atomic E-state index is -4.68. The maximum Gasteiger partial charge on any atom is 0.417 e. The van der Waals surface area contributed by atoms with Crippen molar-refractivity contribution in [1.29, 1.82) is 0 Å². The van der Waals surface area contributed by atoms with Gasteiger partial charge in [0.2, 0.25) is 0 Å². The number of phenolic OH excluding ortho intramolecular Hbond substituents is 1. The molecule has 0 atom stereocenters. The maximum atomic E-state index is 12.3. The highest BCUT2D eigenvalue weighted by molar-refractivity contribution is 6.35. The Morgan fingerprint density at radius 1 is 1.38 bits per heavy atom. The third kappa shape index (κ3) is 2.41. The SMILES string of the molecule is O=C(CCl)c1ccc(C(F)(F)F)c(Cl)c1O. The van der Waals surface area contributed by atoms with Gasteiger partial charge in [0.1, 0.15) is 5.75 Å². The van der Waals surface area contributed by atoms with E-state index >= 15 is 0 Å². The third-order valence-corrected chi connectivity index (χ3v) is 2.47. The lowest BCUT2D eigenvalue weighted by Gasteiger charge is -2.11. The van der Waals surface area contributed by atoms with Crippen LogP contribution < -0.4 is 0 Å². The van der Waals surface area contributed by atoms with Crippen molar-refractivity contribution in [2.45, 2.75) is 6.18 Å². The van der Waals surface area contributed by atoms with Crippen molar-refractivity contribution >= 4 is 29.0 Å². The third-order valence-electron chi connectivity index (χ3n) is 1.84. The van der Waals surface area contributed by atoms with Crippen LogP contribution >= 0.6 is 23.2 Å². The van der Waals surface area contributed by atoms with Gasteiger partial charge < -0.3 is 5.11 Å². The fourth-order valence-electron chi connectivity index (χ4n) is 1.08. The standard InChI is InChI=1S/C9H5Cl2F3O2/c10-3-6(15)4-1-2-5(9(12,13)14)7(11)8(4)16/h1-2,16H,3H2. The molecule has 0 amide bonds.